The number of aliphatic carboxylic acids is 1. The van der Waals surface area contributed by atoms with Crippen molar-refractivity contribution in [1.29, 1.82) is 0 Å². The third-order valence-corrected chi connectivity index (χ3v) is 4.33. The molecule has 0 bridgehead atoms. The molecule has 0 aromatic rings. The second-order valence-electron chi connectivity index (χ2n) is 6.47. The van der Waals surface area contributed by atoms with E-state index >= 15 is 0 Å². The molecule has 3 atom stereocenters. The minimum absolute atomic E-state index is 0.00172. The van der Waals surface area contributed by atoms with Gasteiger partial charge in [0.05, 0.1) is 11.8 Å². The van der Waals surface area contributed by atoms with Gasteiger partial charge in [-0.1, -0.05) is 27.2 Å². The third kappa shape index (κ3) is 3.03. The van der Waals surface area contributed by atoms with Crippen molar-refractivity contribution in [3.8, 4) is 0 Å². The number of carboxylic acid groups (broad SMARTS) is 1. The van der Waals surface area contributed by atoms with Crippen LogP contribution in [-0.2, 0) is 9.59 Å². The van der Waals surface area contributed by atoms with Crippen molar-refractivity contribution >= 4 is 11.9 Å². The Hall–Kier alpha value is -1.06. The molecule has 3 unspecified atom stereocenters. The van der Waals surface area contributed by atoms with Gasteiger partial charge >= 0.3 is 5.97 Å². The molecule has 4 nitrogen and oxygen atoms in total. The predicted octanol–water partition coefficient (Wildman–Crippen LogP) is 2.38. The van der Waals surface area contributed by atoms with Crippen molar-refractivity contribution in [2.45, 2.75) is 53.0 Å². The molecular formula is C14H25NO3. The highest BCUT2D eigenvalue weighted by molar-refractivity contribution is 5.85. The summed E-state index contributed by atoms with van der Waals surface area (Å²) in [5, 5.41) is 9.14. The van der Waals surface area contributed by atoms with Crippen LogP contribution in [0.4, 0.5) is 0 Å². The summed E-state index contributed by atoms with van der Waals surface area (Å²) in [6.45, 7) is 8.28. The number of amides is 1. The molecule has 0 radical (unpaired) electrons. The molecule has 0 heterocycles. The lowest BCUT2D eigenvalue weighted by Crippen LogP contribution is -2.46. The number of rotatable bonds is 3. The second kappa shape index (κ2) is 5.29. The van der Waals surface area contributed by atoms with Gasteiger partial charge in [-0.3, -0.25) is 9.59 Å². The van der Waals surface area contributed by atoms with Gasteiger partial charge in [0.2, 0.25) is 5.91 Å². The van der Waals surface area contributed by atoms with Gasteiger partial charge in [0.1, 0.15) is 0 Å². The van der Waals surface area contributed by atoms with Gasteiger partial charge in [0.25, 0.3) is 0 Å². The highest BCUT2D eigenvalue weighted by atomic mass is 16.4. The average Bonchev–Trinajstić information content (AvgIpc) is 2.73. The zero-order valence-electron chi connectivity index (χ0n) is 12.1. The van der Waals surface area contributed by atoms with Gasteiger partial charge in [-0.15, -0.1) is 0 Å². The Morgan fingerprint density at radius 3 is 2.17 bits per heavy atom. The van der Waals surface area contributed by atoms with Crippen molar-refractivity contribution in [3.05, 3.63) is 0 Å². The third-order valence-electron chi connectivity index (χ3n) is 4.33. The molecule has 1 amide bonds. The number of hydrogen-bond donors (Lipinski definition) is 1. The molecule has 1 N–H and O–H groups in total. The number of carbonyl (C=O) groups is 2. The van der Waals surface area contributed by atoms with E-state index in [0.717, 1.165) is 6.42 Å². The number of nitrogens with zero attached hydrogens (tertiary/aromatic N) is 1. The fourth-order valence-electron chi connectivity index (χ4n) is 2.58. The fourth-order valence-corrected chi connectivity index (χ4v) is 2.58. The van der Waals surface area contributed by atoms with Crippen molar-refractivity contribution in [2.24, 2.45) is 17.3 Å². The van der Waals surface area contributed by atoms with Gasteiger partial charge in [-0.05, 0) is 25.2 Å². The van der Waals surface area contributed by atoms with Crippen LogP contribution in [0.5, 0.6) is 0 Å². The summed E-state index contributed by atoms with van der Waals surface area (Å²) >= 11 is 0. The molecular weight excluding hydrogens is 230 g/mol. The predicted molar refractivity (Wildman–Crippen MR) is 70.2 cm³/mol. The molecule has 1 aliphatic carbocycles. The van der Waals surface area contributed by atoms with E-state index in [4.69, 9.17) is 5.11 Å². The van der Waals surface area contributed by atoms with Crippen LogP contribution in [0, 0.1) is 17.3 Å². The Balaban J connectivity index is 2.78. The summed E-state index contributed by atoms with van der Waals surface area (Å²) in [6, 6.07) is 0.0973. The van der Waals surface area contributed by atoms with Crippen LogP contribution in [0.25, 0.3) is 0 Å². The lowest BCUT2D eigenvalue weighted by atomic mass is 9.85. The molecule has 4 heteroatoms. The van der Waals surface area contributed by atoms with E-state index < -0.39 is 11.9 Å². The quantitative estimate of drug-likeness (QED) is 0.842. The molecule has 104 valence electrons. The average molecular weight is 255 g/mol. The monoisotopic (exact) mass is 255 g/mol. The van der Waals surface area contributed by atoms with Gasteiger partial charge < -0.3 is 10.0 Å². The fraction of sp³-hybridized carbons (Fsp3) is 0.857. The Morgan fingerprint density at radius 2 is 1.72 bits per heavy atom. The summed E-state index contributed by atoms with van der Waals surface area (Å²) < 4.78 is 0. The zero-order chi connectivity index (χ0) is 14.1. The van der Waals surface area contributed by atoms with Crippen molar-refractivity contribution in [2.75, 3.05) is 7.05 Å². The minimum Gasteiger partial charge on any atom is -0.481 e. The molecule has 1 aliphatic rings. The number of hydrogen-bond acceptors (Lipinski definition) is 2. The zero-order valence-corrected chi connectivity index (χ0v) is 12.1. The van der Waals surface area contributed by atoms with Crippen LogP contribution in [-0.4, -0.2) is 35.0 Å². The SMILES string of the molecule is CC(N(C)C(=O)C1CCCC1C(=O)O)C(C)(C)C. The van der Waals surface area contributed by atoms with Crippen molar-refractivity contribution in [3.63, 3.8) is 0 Å². The van der Waals surface area contributed by atoms with E-state index in [2.05, 4.69) is 20.8 Å². The highest BCUT2D eigenvalue weighted by Crippen LogP contribution is 2.34. The summed E-state index contributed by atoms with van der Waals surface area (Å²) in [5.74, 6) is -1.67. The molecule has 0 aromatic carbocycles. The standard InChI is InChI=1S/C14H25NO3/c1-9(14(2,3)4)15(5)12(16)10-7-6-8-11(10)13(17)18/h9-11H,6-8H2,1-5H3,(H,17,18). The van der Waals surface area contributed by atoms with Gasteiger partial charge in [-0.2, -0.15) is 0 Å². The first-order valence-corrected chi connectivity index (χ1v) is 6.65. The Kier molecular flexibility index (Phi) is 4.41. The van der Waals surface area contributed by atoms with Crippen LogP contribution in [0.2, 0.25) is 0 Å². The maximum atomic E-state index is 12.4. The van der Waals surface area contributed by atoms with Crippen LogP contribution < -0.4 is 0 Å². The maximum Gasteiger partial charge on any atom is 0.307 e. The normalized spacial score (nSPS) is 25.8. The smallest absolute Gasteiger partial charge is 0.307 e. The molecule has 1 saturated carbocycles. The van der Waals surface area contributed by atoms with Crippen LogP contribution >= 0.6 is 0 Å². The first kappa shape index (κ1) is 15.0. The van der Waals surface area contributed by atoms with Gasteiger partial charge in [0, 0.05) is 13.1 Å². The maximum absolute atomic E-state index is 12.4. The summed E-state index contributed by atoms with van der Waals surface area (Å²) in [4.78, 5) is 25.3. The second-order valence-corrected chi connectivity index (χ2v) is 6.47. The van der Waals surface area contributed by atoms with Crippen molar-refractivity contribution < 1.29 is 14.7 Å². The molecule has 18 heavy (non-hydrogen) atoms. The molecule has 0 spiro atoms. The van der Waals surface area contributed by atoms with Gasteiger partial charge in [-0.25, -0.2) is 0 Å². The van der Waals surface area contributed by atoms with E-state index in [0.29, 0.717) is 12.8 Å². The van der Waals surface area contributed by atoms with E-state index in [1.165, 1.54) is 0 Å². The van der Waals surface area contributed by atoms with Crippen LogP contribution in [0.1, 0.15) is 47.0 Å². The van der Waals surface area contributed by atoms with Crippen molar-refractivity contribution in [1.82, 2.24) is 4.90 Å². The van der Waals surface area contributed by atoms with E-state index in [-0.39, 0.29) is 23.3 Å². The lowest BCUT2D eigenvalue weighted by Gasteiger charge is -2.37. The first-order chi connectivity index (χ1) is 8.16. The topological polar surface area (TPSA) is 57.6 Å². The van der Waals surface area contributed by atoms with E-state index in [9.17, 15) is 9.59 Å². The molecule has 1 rings (SSSR count). The lowest BCUT2D eigenvalue weighted by molar-refractivity contribution is -0.150. The number of carboxylic acids is 1. The van der Waals surface area contributed by atoms with Crippen LogP contribution in [0.3, 0.4) is 0 Å². The van der Waals surface area contributed by atoms with Gasteiger partial charge in [0.15, 0.2) is 0 Å². The largest absolute Gasteiger partial charge is 0.481 e. The molecule has 0 aliphatic heterocycles. The summed E-state index contributed by atoms with van der Waals surface area (Å²) in [6.07, 6.45) is 2.17. The minimum atomic E-state index is -0.831. The highest BCUT2D eigenvalue weighted by Gasteiger charge is 2.40. The summed E-state index contributed by atoms with van der Waals surface area (Å²) in [7, 11) is 1.79. The summed E-state index contributed by atoms with van der Waals surface area (Å²) in [5.41, 5.74) is 0.00172. The molecule has 0 aromatic heterocycles. The molecule has 0 saturated heterocycles. The molecule has 1 fully saturated rings. The Labute approximate surface area is 109 Å². The Bertz CT molecular complexity index is 332. The number of carbonyl (C=O) groups excluding carboxylic acids is 1. The Morgan fingerprint density at radius 1 is 1.22 bits per heavy atom. The van der Waals surface area contributed by atoms with Crippen LogP contribution in [0.15, 0.2) is 0 Å². The first-order valence-electron chi connectivity index (χ1n) is 6.65. The van der Waals surface area contributed by atoms with E-state index in [1.54, 1.807) is 11.9 Å². The van der Waals surface area contributed by atoms with E-state index in [1.807, 2.05) is 6.92 Å².